The third-order valence-electron chi connectivity index (χ3n) is 6.62. The van der Waals surface area contributed by atoms with Crippen LogP contribution in [0.15, 0.2) is 24.3 Å². The molecule has 2 aliphatic rings. The van der Waals surface area contributed by atoms with E-state index in [-0.39, 0.29) is 5.97 Å². The minimum atomic E-state index is -0.228. The first-order chi connectivity index (χ1) is 14.6. The lowest BCUT2D eigenvalue weighted by atomic mass is 9.81. The van der Waals surface area contributed by atoms with Gasteiger partial charge in [0.25, 0.3) is 0 Å². The fraction of sp³-hybridized carbons (Fsp3) is 0.720. The van der Waals surface area contributed by atoms with Gasteiger partial charge in [0, 0.05) is 25.2 Å². The normalized spacial score (nSPS) is 22.8. The summed E-state index contributed by atoms with van der Waals surface area (Å²) in [4.78, 5) is 17.0. The molecule has 0 aromatic heterocycles. The number of hydrogen-bond donors (Lipinski definition) is 0. The number of benzene rings is 1. The SMILES string of the molecule is CCOC(=O)c1ccc(CCCCCCN2[C@H](C)CN([B]CC3CC3)C[C@@H]2C)cc1. The summed E-state index contributed by atoms with van der Waals surface area (Å²) in [5, 5.41) is 0. The molecule has 1 aromatic rings. The molecule has 4 nitrogen and oxygen atoms in total. The number of rotatable bonds is 12. The lowest BCUT2D eigenvalue weighted by Crippen LogP contribution is -2.57. The zero-order valence-electron chi connectivity index (χ0n) is 19.3. The molecule has 1 saturated heterocycles. The fourth-order valence-corrected chi connectivity index (χ4v) is 4.64. The van der Waals surface area contributed by atoms with E-state index in [1.54, 1.807) is 0 Å². The molecule has 0 bridgehead atoms. The zero-order valence-corrected chi connectivity index (χ0v) is 19.3. The number of hydrogen-bond acceptors (Lipinski definition) is 4. The summed E-state index contributed by atoms with van der Waals surface area (Å²) < 4.78 is 5.04. The van der Waals surface area contributed by atoms with Crippen LogP contribution in [0.2, 0.25) is 6.32 Å². The number of nitrogens with zero attached hydrogens (tertiary/aromatic N) is 2. The van der Waals surface area contributed by atoms with Crippen LogP contribution < -0.4 is 0 Å². The summed E-state index contributed by atoms with van der Waals surface area (Å²) in [6, 6.07) is 9.21. The molecule has 165 valence electrons. The maximum Gasteiger partial charge on any atom is 0.338 e. The highest BCUT2D eigenvalue weighted by molar-refractivity contribution is 6.32. The van der Waals surface area contributed by atoms with Crippen molar-refractivity contribution in [3.8, 4) is 0 Å². The Kier molecular flexibility index (Phi) is 9.26. The second kappa shape index (κ2) is 11.9. The molecule has 1 radical (unpaired) electrons. The molecule has 1 aromatic carbocycles. The van der Waals surface area contributed by atoms with Gasteiger partial charge in [-0.2, -0.15) is 0 Å². The van der Waals surface area contributed by atoms with Crippen LogP contribution in [0.25, 0.3) is 0 Å². The third-order valence-corrected chi connectivity index (χ3v) is 6.62. The van der Waals surface area contributed by atoms with Crippen molar-refractivity contribution in [2.24, 2.45) is 5.92 Å². The monoisotopic (exact) mass is 411 g/mol. The van der Waals surface area contributed by atoms with Crippen LogP contribution in [0.4, 0.5) is 0 Å². The Bertz CT molecular complexity index is 635. The van der Waals surface area contributed by atoms with Gasteiger partial charge in [0.2, 0.25) is 7.41 Å². The Hall–Kier alpha value is -1.33. The van der Waals surface area contributed by atoms with Gasteiger partial charge in [0.15, 0.2) is 0 Å². The number of carbonyl (C=O) groups is 1. The lowest BCUT2D eigenvalue weighted by Gasteiger charge is -2.45. The minimum absolute atomic E-state index is 0.228. The summed E-state index contributed by atoms with van der Waals surface area (Å²) in [6.07, 6.45) is 10.4. The zero-order chi connectivity index (χ0) is 21.3. The highest BCUT2D eigenvalue weighted by Gasteiger charge is 2.30. The van der Waals surface area contributed by atoms with Gasteiger partial charge in [-0.15, -0.1) is 0 Å². The van der Waals surface area contributed by atoms with E-state index >= 15 is 0 Å². The van der Waals surface area contributed by atoms with E-state index in [4.69, 9.17) is 4.74 Å². The van der Waals surface area contributed by atoms with Crippen molar-refractivity contribution in [1.82, 2.24) is 9.71 Å². The number of ether oxygens (including phenoxy) is 1. The van der Waals surface area contributed by atoms with Crippen LogP contribution in [0.3, 0.4) is 0 Å². The maximum atomic E-state index is 11.7. The molecule has 2 fully saturated rings. The minimum Gasteiger partial charge on any atom is -0.462 e. The molecule has 1 aliphatic carbocycles. The number of carbonyl (C=O) groups excluding carboxylic acids is 1. The van der Waals surface area contributed by atoms with Crippen molar-refractivity contribution in [1.29, 1.82) is 0 Å². The van der Waals surface area contributed by atoms with Crippen molar-refractivity contribution in [3.05, 3.63) is 35.4 Å². The van der Waals surface area contributed by atoms with Gasteiger partial charge in [0.1, 0.15) is 0 Å². The number of esters is 1. The molecule has 1 heterocycles. The van der Waals surface area contributed by atoms with E-state index in [0.717, 1.165) is 12.3 Å². The quantitative estimate of drug-likeness (QED) is 0.281. The van der Waals surface area contributed by atoms with Crippen LogP contribution in [0.5, 0.6) is 0 Å². The van der Waals surface area contributed by atoms with Gasteiger partial charge in [-0.3, -0.25) is 4.90 Å². The molecule has 0 spiro atoms. The van der Waals surface area contributed by atoms with E-state index in [1.807, 2.05) is 19.1 Å². The van der Waals surface area contributed by atoms with Crippen molar-refractivity contribution < 1.29 is 9.53 Å². The van der Waals surface area contributed by atoms with Crippen LogP contribution in [-0.2, 0) is 11.2 Å². The summed E-state index contributed by atoms with van der Waals surface area (Å²) in [5.41, 5.74) is 1.96. The Morgan fingerprint density at radius 2 is 1.70 bits per heavy atom. The van der Waals surface area contributed by atoms with Crippen LogP contribution >= 0.6 is 0 Å². The largest absolute Gasteiger partial charge is 0.462 e. The second-order valence-electron chi connectivity index (χ2n) is 9.33. The van der Waals surface area contributed by atoms with E-state index in [9.17, 15) is 4.79 Å². The summed E-state index contributed by atoms with van der Waals surface area (Å²) in [7, 11) is 2.49. The van der Waals surface area contributed by atoms with Crippen molar-refractivity contribution in [3.63, 3.8) is 0 Å². The predicted molar refractivity (Wildman–Crippen MR) is 125 cm³/mol. The van der Waals surface area contributed by atoms with Gasteiger partial charge in [-0.05, 0) is 70.2 Å². The molecular weight excluding hydrogens is 371 g/mol. The standard InChI is InChI=1S/C25H40BN2O2/c1-4-30-25(29)24-14-12-22(13-15-24)9-7-5-6-8-16-28-20(2)18-27(19-21(28)3)26-17-23-10-11-23/h12-15,20-21,23H,4-11,16-19H2,1-3H3/t20-,21+. The number of unbranched alkanes of at least 4 members (excludes halogenated alkanes) is 3. The second-order valence-corrected chi connectivity index (χ2v) is 9.33. The van der Waals surface area contributed by atoms with Crippen molar-refractivity contribution in [2.75, 3.05) is 26.2 Å². The van der Waals surface area contributed by atoms with Gasteiger partial charge >= 0.3 is 5.97 Å². The Morgan fingerprint density at radius 3 is 2.33 bits per heavy atom. The van der Waals surface area contributed by atoms with Crippen LogP contribution in [0, 0.1) is 5.92 Å². The summed E-state index contributed by atoms with van der Waals surface area (Å²) >= 11 is 0. The fourth-order valence-electron chi connectivity index (χ4n) is 4.64. The number of aryl methyl sites for hydroxylation is 1. The molecule has 0 N–H and O–H groups in total. The van der Waals surface area contributed by atoms with Crippen molar-refractivity contribution >= 4 is 13.4 Å². The molecule has 5 heteroatoms. The molecule has 1 aliphatic heterocycles. The molecular formula is C25H40BN2O2. The van der Waals surface area contributed by atoms with Crippen LogP contribution in [-0.4, -0.2) is 61.4 Å². The highest BCUT2D eigenvalue weighted by Crippen LogP contribution is 2.33. The molecule has 3 rings (SSSR count). The Morgan fingerprint density at radius 1 is 1.03 bits per heavy atom. The first-order valence-electron chi connectivity index (χ1n) is 12.2. The van der Waals surface area contributed by atoms with Crippen LogP contribution in [0.1, 0.15) is 75.2 Å². The predicted octanol–water partition coefficient (Wildman–Crippen LogP) is 4.81. The third kappa shape index (κ3) is 7.42. The topological polar surface area (TPSA) is 32.8 Å². The first kappa shape index (κ1) is 23.3. The Balaban J connectivity index is 1.27. The maximum absolute atomic E-state index is 11.7. The average molecular weight is 411 g/mol. The summed E-state index contributed by atoms with van der Waals surface area (Å²) in [5.74, 6) is 0.762. The summed E-state index contributed by atoms with van der Waals surface area (Å²) in [6.45, 7) is 10.7. The van der Waals surface area contributed by atoms with Gasteiger partial charge in [-0.1, -0.05) is 44.1 Å². The average Bonchev–Trinajstić information content (AvgIpc) is 3.56. The van der Waals surface area contributed by atoms with E-state index in [2.05, 4.69) is 43.1 Å². The molecule has 1 saturated carbocycles. The first-order valence-corrected chi connectivity index (χ1v) is 12.2. The van der Waals surface area contributed by atoms with E-state index in [0.29, 0.717) is 24.3 Å². The molecule has 0 unspecified atom stereocenters. The Labute approximate surface area is 184 Å². The number of piperazine rings is 1. The van der Waals surface area contributed by atoms with Gasteiger partial charge < -0.3 is 9.55 Å². The van der Waals surface area contributed by atoms with Crippen molar-refractivity contribution in [2.45, 2.75) is 84.1 Å². The lowest BCUT2D eigenvalue weighted by molar-refractivity contribution is 0.0526. The molecule has 30 heavy (non-hydrogen) atoms. The smallest absolute Gasteiger partial charge is 0.338 e. The van der Waals surface area contributed by atoms with E-state index in [1.165, 1.54) is 70.0 Å². The molecule has 2 atom stereocenters. The molecule has 0 amide bonds. The highest BCUT2D eigenvalue weighted by atomic mass is 16.5. The van der Waals surface area contributed by atoms with Gasteiger partial charge in [0.05, 0.1) is 12.2 Å². The van der Waals surface area contributed by atoms with E-state index < -0.39 is 0 Å². The van der Waals surface area contributed by atoms with Gasteiger partial charge in [-0.25, -0.2) is 4.79 Å².